The minimum atomic E-state index is -0.244. The Labute approximate surface area is 118 Å². The van der Waals surface area contributed by atoms with E-state index >= 15 is 0 Å². The molecule has 2 rings (SSSR count). The smallest absolute Gasteiger partial charge is 0.254 e. The third kappa shape index (κ3) is 2.85. The van der Waals surface area contributed by atoms with Crippen LogP contribution < -0.4 is 5.32 Å². The molecule has 7 heteroatoms. The van der Waals surface area contributed by atoms with Crippen LogP contribution >= 0.6 is 34.5 Å². The number of H-pyrrole nitrogens is 1. The molecule has 1 amide bonds. The van der Waals surface area contributed by atoms with E-state index < -0.39 is 0 Å². The van der Waals surface area contributed by atoms with Gasteiger partial charge in [-0.1, -0.05) is 30.1 Å². The Morgan fingerprint density at radius 3 is 2.89 bits per heavy atom. The van der Waals surface area contributed by atoms with Gasteiger partial charge in [-0.05, 0) is 12.5 Å². The highest BCUT2D eigenvalue weighted by Gasteiger charge is 2.19. The summed E-state index contributed by atoms with van der Waals surface area (Å²) in [5.41, 5.74) is 0.400. The molecule has 0 aromatic carbocycles. The van der Waals surface area contributed by atoms with Crippen LogP contribution in [0.4, 0.5) is 0 Å². The molecule has 0 radical (unpaired) electrons. The zero-order valence-electron chi connectivity index (χ0n) is 9.54. The summed E-state index contributed by atoms with van der Waals surface area (Å²) in [4.78, 5) is 19.2. The SMILES string of the molecule is CCC(NC(=O)c1cc(Cl)sc1Cl)c1ncc[nH]1. The molecule has 18 heavy (non-hydrogen) atoms. The molecule has 4 nitrogen and oxygen atoms in total. The summed E-state index contributed by atoms with van der Waals surface area (Å²) in [6.07, 6.45) is 4.10. The summed E-state index contributed by atoms with van der Waals surface area (Å²) in [5, 5.41) is 2.87. The average molecular weight is 304 g/mol. The Kier molecular flexibility index (Phi) is 4.27. The highest BCUT2D eigenvalue weighted by atomic mass is 35.5. The first-order chi connectivity index (χ1) is 8.61. The Morgan fingerprint density at radius 1 is 1.61 bits per heavy atom. The Balaban J connectivity index is 2.13. The van der Waals surface area contributed by atoms with Gasteiger partial charge in [-0.2, -0.15) is 0 Å². The van der Waals surface area contributed by atoms with Gasteiger partial charge in [0.25, 0.3) is 5.91 Å². The van der Waals surface area contributed by atoms with Crippen molar-refractivity contribution >= 4 is 40.4 Å². The molecule has 0 aliphatic heterocycles. The van der Waals surface area contributed by atoms with E-state index in [-0.39, 0.29) is 11.9 Å². The molecular formula is C11H11Cl2N3OS. The quantitative estimate of drug-likeness (QED) is 0.905. The van der Waals surface area contributed by atoms with Crippen LogP contribution in [0.3, 0.4) is 0 Å². The Bertz CT molecular complexity index is 538. The van der Waals surface area contributed by atoms with Crippen molar-refractivity contribution in [3.8, 4) is 0 Å². The lowest BCUT2D eigenvalue weighted by molar-refractivity contribution is 0.0934. The first-order valence-electron chi connectivity index (χ1n) is 5.36. The molecule has 2 N–H and O–H groups in total. The number of thiophene rings is 1. The Morgan fingerprint density at radius 2 is 2.39 bits per heavy atom. The van der Waals surface area contributed by atoms with Gasteiger partial charge < -0.3 is 10.3 Å². The van der Waals surface area contributed by atoms with Crippen LogP contribution in [0.2, 0.25) is 8.67 Å². The van der Waals surface area contributed by atoms with Crippen molar-refractivity contribution < 1.29 is 4.79 Å². The number of carbonyl (C=O) groups is 1. The second-order valence-corrected chi connectivity index (χ2v) is 5.93. The second-order valence-electron chi connectivity index (χ2n) is 3.65. The van der Waals surface area contributed by atoms with E-state index in [9.17, 15) is 4.79 Å². The largest absolute Gasteiger partial charge is 0.347 e. The van der Waals surface area contributed by atoms with Gasteiger partial charge >= 0.3 is 0 Å². The third-order valence-electron chi connectivity index (χ3n) is 2.46. The summed E-state index contributed by atoms with van der Waals surface area (Å²) >= 11 is 12.9. The van der Waals surface area contributed by atoms with E-state index in [4.69, 9.17) is 23.2 Å². The van der Waals surface area contributed by atoms with Crippen molar-refractivity contribution in [1.82, 2.24) is 15.3 Å². The number of hydrogen-bond donors (Lipinski definition) is 2. The molecule has 96 valence electrons. The lowest BCUT2D eigenvalue weighted by Gasteiger charge is -2.14. The minimum Gasteiger partial charge on any atom is -0.347 e. The van der Waals surface area contributed by atoms with Gasteiger partial charge in [0.1, 0.15) is 10.2 Å². The predicted octanol–water partition coefficient (Wildman–Crippen LogP) is 3.66. The fourth-order valence-electron chi connectivity index (χ4n) is 1.56. The molecule has 0 bridgehead atoms. The fourth-order valence-corrected chi connectivity index (χ4v) is 3.02. The first kappa shape index (κ1) is 13.4. The number of hydrogen-bond acceptors (Lipinski definition) is 3. The van der Waals surface area contributed by atoms with Crippen molar-refractivity contribution in [2.75, 3.05) is 0 Å². The molecule has 0 aliphatic rings. The molecule has 0 saturated heterocycles. The maximum Gasteiger partial charge on any atom is 0.254 e. The highest BCUT2D eigenvalue weighted by Crippen LogP contribution is 2.31. The van der Waals surface area contributed by atoms with E-state index in [1.807, 2.05) is 6.92 Å². The number of rotatable bonds is 4. The number of nitrogens with one attached hydrogen (secondary N) is 2. The molecule has 1 atom stereocenters. The lowest BCUT2D eigenvalue weighted by Crippen LogP contribution is -2.28. The molecule has 2 aromatic heterocycles. The average Bonchev–Trinajstić information content (AvgIpc) is 2.95. The number of nitrogens with zero attached hydrogens (tertiary/aromatic N) is 1. The molecule has 2 aromatic rings. The fraction of sp³-hybridized carbons (Fsp3) is 0.273. The van der Waals surface area contributed by atoms with Gasteiger partial charge in [-0.25, -0.2) is 4.98 Å². The minimum absolute atomic E-state index is 0.165. The lowest BCUT2D eigenvalue weighted by atomic mass is 10.2. The van der Waals surface area contributed by atoms with E-state index in [2.05, 4.69) is 15.3 Å². The maximum absolute atomic E-state index is 12.1. The van der Waals surface area contributed by atoms with Crippen molar-refractivity contribution in [3.05, 3.63) is 38.5 Å². The molecule has 0 spiro atoms. The van der Waals surface area contributed by atoms with Gasteiger partial charge in [0.2, 0.25) is 0 Å². The number of amides is 1. The van der Waals surface area contributed by atoms with E-state index in [1.54, 1.807) is 18.5 Å². The standard InChI is InChI=1S/C11H11Cl2N3OS/c1-2-7(10-14-3-4-15-10)16-11(17)6-5-8(12)18-9(6)13/h3-5,7H,2H2,1H3,(H,14,15)(H,16,17). The van der Waals surface area contributed by atoms with Gasteiger partial charge in [-0.15, -0.1) is 11.3 Å². The topological polar surface area (TPSA) is 57.8 Å². The van der Waals surface area contributed by atoms with Gasteiger partial charge in [-0.3, -0.25) is 4.79 Å². The number of halogens is 2. The Hall–Kier alpha value is -1.04. The van der Waals surface area contributed by atoms with Crippen LogP contribution in [0.25, 0.3) is 0 Å². The summed E-state index contributed by atoms with van der Waals surface area (Å²) < 4.78 is 0.892. The zero-order chi connectivity index (χ0) is 13.1. The van der Waals surface area contributed by atoms with Crippen LogP contribution in [-0.4, -0.2) is 15.9 Å². The van der Waals surface area contributed by atoms with Gasteiger partial charge in [0.05, 0.1) is 15.9 Å². The maximum atomic E-state index is 12.1. The predicted molar refractivity (Wildman–Crippen MR) is 73.4 cm³/mol. The zero-order valence-corrected chi connectivity index (χ0v) is 11.9. The van der Waals surface area contributed by atoms with Crippen molar-refractivity contribution in [1.29, 1.82) is 0 Å². The summed E-state index contributed by atoms with van der Waals surface area (Å²) in [6, 6.07) is 1.40. The molecular weight excluding hydrogens is 293 g/mol. The summed E-state index contributed by atoms with van der Waals surface area (Å²) in [6.45, 7) is 1.97. The number of imidazole rings is 1. The van der Waals surface area contributed by atoms with Gasteiger partial charge in [0.15, 0.2) is 0 Å². The summed E-state index contributed by atoms with van der Waals surface area (Å²) in [7, 11) is 0. The van der Waals surface area contributed by atoms with Crippen LogP contribution in [0.1, 0.15) is 35.6 Å². The molecule has 0 fully saturated rings. The van der Waals surface area contributed by atoms with Crippen LogP contribution in [0.5, 0.6) is 0 Å². The highest BCUT2D eigenvalue weighted by molar-refractivity contribution is 7.20. The summed E-state index contributed by atoms with van der Waals surface area (Å²) in [5.74, 6) is 0.481. The van der Waals surface area contributed by atoms with Crippen LogP contribution in [0.15, 0.2) is 18.5 Å². The van der Waals surface area contributed by atoms with Crippen molar-refractivity contribution in [3.63, 3.8) is 0 Å². The monoisotopic (exact) mass is 303 g/mol. The van der Waals surface area contributed by atoms with Crippen molar-refractivity contribution in [2.24, 2.45) is 0 Å². The number of aromatic amines is 1. The molecule has 1 unspecified atom stereocenters. The van der Waals surface area contributed by atoms with Gasteiger partial charge in [0, 0.05) is 12.4 Å². The number of carbonyl (C=O) groups excluding carboxylic acids is 1. The number of aromatic nitrogens is 2. The van der Waals surface area contributed by atoms with Crippen molar-refractivity contribution in [2.45, 2.75) is 19.4 Å². The first-order valence-corrected chi connectivity index (χ1v) is 6.94. The van der Waals surface area contributed by atoms with E-state index in [1.165, 1.54) is 11.3 Å². The second kappa shape index (κ2) is 5.73. The molecule has 0 saturated carbocycles. The van der Waals surface area contributed by atoms with Crippen LogP contribution in [-0.2, 0) is 0 Å². The molecule has 0 aliphatic carbocycles. The van der Waals surface area contributed by atoms with E-state index in [0.717, 1.165) is 12.2 Å². The normalized spacial score (nSPS) is 12.4. The van der Waals surface area contributed by atoms with Crippen LogP contribution in [0, 0.1) is 0 Å². The molecule has 2 heterocycles. The van der Waals surface area contributed by atoms with E-state index in [0.29, 0.717) is 14.2 Å². The third-order valence-corrected chi connectivity index (χ3v) is 3.95.